The van der Waals surface area contributed by atoms with E-state index in [2.05, 4.69) is 24.9 Å². The number of hydrogen-bond acceptors (Lipinski definition) is 7. The maximum absolute atomic E-state index is 9.81. The number of isocyanates is 2. The Hall–Kier alpha value is -1.94. The highest BCUT2D eigenvalue weighted by atomic mass is 35.5. The predicted molar refractivity (Wildman–Crippen MR) is 40.4 cm³/mol. The van der Waals surface area contributed by atoms with Crippen molar-refractivity contribution in [3.63, 3.8) is 0 Å². The van der Waals surface area contributed by atoms with Crippen LogP contribution in [0.4, 0.5) is 11.9 Å². The van der Waals surface area contributed by atoms with Crippen molar-refractivity contribution in [2.75, 3.05) is 0 Å². The van der Waals surface area contributed by atoms with Crippen molar-refractivity contribution in [3.05, 3.63) is 5.28 Å². The second-order valence-electron chi connectivity index (χ2n) is 1.61. The van der Waals surface area contributed by atoms with E-state index in [9.17, 15) is 9.59 Å². The Bertz CT molecular complexity index is 385. The molecule has 0 spiro atoms. The van der Waals surface area contributed by atoms with Gasteiger partial charge in [-0.1, -0.05) is 0 Å². The minimum absolute atomic E-state index is 0.224. The molecule has 0 fully saturated rings. The molecule has 0 amide bonds. The highest BCUT2D eigenvalue weighted by Crippen LogP contribution is 2.12. The zero-order valence-corrected chi connectivity index (χ0v) is 6.69. The second kappa shape index (κ2) is 4.18. The maximum Gasteiger partial charge on any atom is 0.266 e. The number of rotatable bonds is 2. The fourth-order valence-electron chi connectivity index (χ4n) is 0.511. The zero-order chi connectivity index (χ0) is 9.68. The topological polar surface area (TPSA) is 97.5 Å². The highest BCUT2D eigenvalue weighted by Gasteiger charge is 2.01. The summed E-state index contributed by atoms with van der Waals surface area (Å²) < 4.78 is 0. The summed E-state index contributed by atoms with van der Waals surface area (Å²) in [6, 6.07) is 0. The maximum atomic E-state index is 9.81. The van der Waals surface area contributed by atoms with Crippen molar-refractivity contribution in [1.29, 1.82) is 0 Å². The molecule has 0 bridgehead atoms. The van der Waals surface area contributed by atoms with E-state index in [0.29, 0.717) is 0 Å². The lowest BCUT2D eigenvalue weighted by Crippen LogP contribution is -1.87. The third-order valence-corrected chi connectivity index (χ3v) is 1.04. The summed E-state index contributed by atoms with van der Waals surface area (Å²) in [5.74, 6) is -0.520. The van der Waals surface area contributed by atoms with E-state index in [1.54, 1.807) is 0 Å². The molecule has 1 rings (SSSR count). The summed E-state index contributed by atoms with van der Waals surface area (Å²) in [4.78, 5) is 36.1. The lowest BCUT2D eigenvalue weighted by molar-refractivity contribution is 0.564. The van der Waals surface area contributed by atoms with E-state index >= 15 is 0 Å². The number of nitrogens with zero attached hydrogens (tertiary/aromatic N) is 5. The fourth-order valence-corrected chi connectivity index (χ4v) is 0.662. The quantitative estimate of drug-likeness (QED) is 0.507. The van der Waals surface area contributed by atoms with Crippen molar-refractivity contribution >= 4 is 35.7 Å². The molecule has 1 aromatic rings. The molecule has 0 aliphatic carbocycles. The van der Waals surface area contributed by atoms with Crippen LogP contribution in [0, 0.1) is 0 Å². The van der Waals surface area contributed by atoms with Crippen molar-refractivity contribution in [2.24, 2.45) is 9.98 Å². The molecule has 0 atom stereocenters. The summed E-state index contributed by atoms with van der Waals surface area (Å²) in [7, 11) is 0. The van der Waals surface area contributed by atoms with Crippen molar-refractivity contribution < 1.29 is 9.59 Å². The van der Waals surface area contributed by atoms with E-state index in [1.165, 1.54) is 12.2 Å². The molecule has 0 unspecified atom stereocenters. The Kier molecular flexibility index (Phi) is 2.94. The zero-order valence-electron chi connectivity index (χ0n) is 5.93. The first-order valence-corrected chi connectivity index (χ1v) is 3.21. The molecule has 0 aliphatic heterocycles. The first-order chi connectivity index (χ1) is 6.26. The van der Waals surface area contributed by atoms with Gasteiger partial charge >= 0.3 is 0 Å². The van der Waals surface area contributed by atoms with E-state index in [-0.39, 0.29) is 17.2 Å². The van der Waals surface area contributed by atoms with Gasteiger partial charge in [-0.05, 0) is 11.6 Å². The van der Waals surface area contributed by atoms with Crippen LogP contribution in [0.2, 0.25) is 5.28 Å². The molecule has 0 N–H and O–H groups in total. The Labute approximate surface area is 76.2 Å². The highest BCUT2D eigenvalue weighted by molar-refractivity contribution is 6.28. The lowest BCUT2D eigenvalue weighted by Gasteiger charge is -1.91. The average Bonchev–Trinajstić information content (AvgIpc) is 2.04. The smallest absolute Gasteiger partial charge is 0.211 e. The minimum atomic E-state index is -0.260. The first-order valence-electron chi connectivity index (χ1n) is 2.83. The van der Waals surface area contributed by atoms with Crippen LogP contribution in [0.1, 0.15) is 0 Å². The van der Waals surface area contributed by atoms with Crippen LogP contribution in [0.25, 0.3) is 0 Å². The van der Waals surface area contributed by atoms with Gasteiger partial charge < -0.3 is 0 Å². The largest absolute Gasteiger partial charge is 0.266 e. The van der Waals surface area contributed by atoms with Crippen LogP contribution in [0.3, 0.4) is 0 Å². The molecular formula is C5ClN5O2. The van der Waals surface area contributed by atoms with Gasteiger partial charge in [0.05, 0.1) is 0 Å². The summed E-state index contributed by atoms with van der Waals surface area (Å²) in [6.45, 7) is 0. The van der Waals surface area contributed by atoms with Crippen molar-refractivity contribution in [3.8, 4) is 0 Å². The number of hydrogen-bond donors (Lipinski definition) is 0. The van der Waals surface area contributed by atoms with Crippen LogP contribution < -0.4 is 0 Å². The van der Waals surface area contributed by atoms with Crippen LogP contribution in [-0.2, 0) is 9.59 Å². The standard InChI is InChI=1S/C5ClN5O2/c6-3-9-4(7-1-12)11-5(10-3)8-2-13. The van der Waals surface area contributed by atoms with Crippen LogP contribution in [0.5, 0.6) is 0 Å². The van der Waals surface area contributed by atoms with Gasteiger partial charge in [-0.3, -0.25) is 0 Å². The molecule has 8 heteroatoms. The summed E-state index contributed by atoms with van der Waals surface area (Å²) in [6.07, 6.45) is 2.41. The molecule has 1 heterocycles. The Morgan fingerprint density at radius 1 is 1.00 bits per heavy atom. The van der Waals surface area contributed by atoms with Gasteiger partial charge in [-0.15, -0.1) is 9.98 Å². The molecule has 13 heavy (non-hydrogen) atoms. The van der Waals surface area contributed by atoms with Crippen LogP contribution >= 0.6 is 11.6 Å². The first kappa shape index (κ1) is 9.15. The molecule has 0 radical (unpaired) electrons. The van der Waals surface area contributed by atoms with Gasteiger partial charge in [-0.2, -0.15) is 15.0 Å². The molecule has 0 saturated carbocycles. The normalized spacial score (nSPS) is 8.38. The Morgan fingerprint density at radius 3 is 1.85 bits per heavy atom. The van der Waals surface area contributed by atoms with Gasteiger partial charge in [-0.25, -0.2) is 9.59 Å². The lowest BCUT2D eigenvalue weighted by atomic mass is 10.9. The molecule has 7 nitrogen and oxygen atoms in total. The Balaban J connectivity index is 3.25. The van der Waals surface area contributed by atoms with Gasteiger partial charge in [0, 0.05) is 0 Å². The van der Waals surface area contributed by atoms with Crippen molar-refractivity contribution in [1.82, 2.24) is 15.0 Å². The Morgan fingerprint density at radius 2 is 1.46 bits per heavy atom. The summed E-state index contributed by atoms with van der Waals surface area (Å²) >= 11 is 5.38. The SMILES string of the molecule is O=C=Nc1nc(Cl)nc(N=C=O)n1. The molecule has 0 aliphatic rings. The molecular weight excluding hydrogens is 198 g/mol. The van der Waals surface area contributed by atoms with Crippen LogP contribution in [0.15, 0.2) is 9.98 Å². The van der Waals surface area contributed by atoms with E-state index in [0.717, 1.165) is 0 Å². The van der Waals surface area contributed by atoms with E-state index < -0.39 is 0 Å². The van der Waals surface area contributed by atoms with Gasteiger partial charge in [0.2, 0.25) is 17.4 Å². The fraction of sp³-hybridized carbons (Fsp3) is 0. The molecule has 64 valence electrons. The van der Waals surface area contributed by atoms with Crippen LogP contribution in [-0.4, -0.2) is 27.1 Å². The van der Waals surface area contributed by atoms with Gasteiger partial charge in [0.25, 0.3) is 11.9 Å². The monoisotopic (exact) mass is 197 g/mol. The van der Waals surface area contributed by atoms with Gasteiger partial charge in [0.1, 0.15) is 0 Å². The molecule has 0 saturated heterocycles. The van der Waals surface area contributed by atoms with Crippen molar-refractivity contribution in [2.45, 2.75) is 0 Å². The number of halogens is 1. The van der Waals surface area contributed by atoms with Gasteiger partial charge in [0.15, 0.2) is 0 Å². The van der Waals surface area contributed by atoms with E-state index in [1.807, 2.05) is 0 Å². The third-order valence-electron chi connectivity index (χ3n) is 0.876. The second-order valence-corrected chi connectivity index (χ2v) is 1.95. The van der Waals surface area contributed by atoms with E-state index in [4.69, 9.17) is 11.6 Å². The minimum Gasteiger partial charge on any atom is -0.211 e. The molecule has 1 aromatic heterocycles. The average molecular weight is 198 g/mol. The summed E-state index contributed by atoms with van der Waals surface area (Å²) in [5.41, 5.74) is 0. The number of carbonyl (C=O) groups excluding carboxylic acids is 2. The summed E-state index contributed by atoms with van der Waals surface area (Å²) in [5, 5.41) is -0.224. The third kappa shape index (κ3) is 2.53. The number of aromatic nitrogens is 3. The number of aliphatic imine (C=N–C) groups is 2. The predicted octanol–water partition coefficient (Wildman–Crippen LogP) is 0.460. The molecule has 0 aromatic carbocycles.